The SMILES string of the molecule is Cc1nn(C)c(CC(=O)C2(N3CCCC3)CCCC2)c1Br. The first-order valence-electron chi connectivity index (χ1n) is 8.01. The van der Waals surface area contributed by atoms with Gasteiger partial charge < -0.3 is 0 Å². The lowest BCUT2D eigenvalue weighted by molar-refractivity contribution is -0.130. The van der Waals surface area contributed by atoms with Gasteiger partial charge in [-0.1, -0.05) is 12.8 Å². The molecule has 0 spiro atoms. The zero-order chi connectivity index (χ0) is 15.0. The van der Waals surface area contributed by atoms with Crippen LogP contribution in [-0.2, 0) is 18.3 Å². The molecule has 1 aliphatic carbocycles. The van der Waals surface area contributed by atoms with Crippen LogP contribution in [0.4, 0.5) is 0 Å². The number of ketones is 1. The Kier molecular flexibility index (Phi) is 4.23. The number of Topliss-reactive ketones (excluding diaryl/α,β-unsaturated/α-hetero) is 1. The third kappa shape index (κ3) is 2.59. The van der Waals surface area contributed by atoms with E-state index in [9.17, 15) is 4.79 Å². The molecule has 0 atom stereocenters. The molecule has 0 amide bonds. The van der Waals surface area contributed by atoms with Crippen LogP contribution in [0.1, 0.15) is 49.9 Å². The van der Waals surface area contributed by atoms with Gasteiger partial charge in [0.2, 0.25) is 0 Å². The minimum atomic E-state index is -0.186. The standard InChI is InChI=1S/C16H24BrN3O/c1-12-15(17)13(19(2)18-12)11-14(21)16(7-3-4-8-16)20-9-5-6-10-20/h3-11H2,1-2H3. The van der Waals surface area contributed by atoms with Crippen molar-refractivity contribution < 1.29 is 4.79 Å². The number of aromatic nitrogens is 2. The number of aryl methyl sites for hydroxylation is 2. The highest BCUT2D eigenvalue weighted by atomic mass is 79.9. The monoisotopic (exact) mass is 353 g/mol. The first-order valence-corrected chi connectivity index (χ1v) is 8.80. The number of hydrogen-bond acceptors (Lipinski definition) is 3. The maximum atomic E-state index is 13.1. The summed E-state index contributed by atoms with van der Waals surface area (Å²) in [6.45, 7) is 4.17. The molecule has 1 aliphatic heterocycles. The van der Waals surface area contributed by atoms with Gasteiger partial charge in [0.05, 0.1) is 27.8 Å². The zero-order valence-electron chi connectivity index (χ0n) is 13.0. The molecule has 116 valence electrons. The van der Waals surface area contributed by atoms with E-state index in [-0.39, 0.29) is 5.54 Å². The molecule has 3 rings (SSSR count). The van der Waals surface area contributed by atoms with Crippen molar-refractivity contribution in [2.45, 2.75) is 57.4 Å². The number of likely N-dealkylation sites (tertiary alicyclic amines) is 1. The second kappa shape index (κ2) is 5.84. The normalized spacial score (nSPS) is 22.0. The molecule has 2 fully saturated rings. The van der Waals surface area contributed by atoms with Gasteiger partial charge in [-0.2, -0.15) is 5.10 Å². The molecule has 5 heteroatoms. The molecule has 1 aromatic heterocycles. The van der Waals surface area contributed by atoms with Crippen LogP contribution in [0.15, 0.2) is 4.47 Å². The quantitative estimate of drug-likeness (QED) is 0.834. The number of carbonyl (C=O) groups excluding carboxylic acids is 1. The summed E-state index contributed by atoms with van der Waals surface area (Å²) in [4.78, 5) is 15.6. The molecular formula is C16H24BrN3O. The predicted molar refractivity (Wildman–Crippen MR) is 86.4 cm³/mol. The molecule has 2 heterocycles. The van der Waals surface area contributed by atoms with Crippen molar-refractivity contribution in [3.05, 3.63) is 15.9 Å². The van der Waals surface area contributed by atoms with Gasteiger partial charge >= 0.3 is 0 Å². The van der Waals surface area contributed by atoms with E-state index in [1.807, 2.05) is 18.7 Å². The van der Waals surface area contributed by atoms with Crippen molar-refractivity contribution in [1.82, 2.24) is 14.7 Å². The average Bonchev–Trinajstić information content (AvgIpc) is 3.16. The third-order valence-electron chi connectivity index (χ3n) is 5.25. The molecule has 0 unspecified atom stereocenters. The Hall–Kier alpha value is -0.680. The summed E-state index contributed by atoms with van der Waals surface area (Å²) in [5.41, 5.74) is 1.79. The van der Waals surface area contributed by atoms with Crippen molar-refractivity contribution in [3.63, 3.8) is 0 Å². The number of halogens is 1. The van der Waals surface area contributed by atoms with Crippen LogP contribution in [0.25, 0.3) is 0 Å². The fourth-order valence-corrected chi connectivity index (χ4v) is 4.54. The minimum Gasteiger partial charge on any atom is -0.297 e. The first-order chi connectivity index (χ1) is 10.0. The van der Waals surface area contributed by atoms with Crippen LogP contribution in [-0.4, -0.2) is 39.1 Å². The molecule has 1 saturated carbocycles. The molecule has 1 aromatic rings. The molecule has 0 radical (unpaired) electrons. The van der Waals surface area contributed by atoms with Crippen LogP contribution in [0.2, 0.25) is 0 Å². The Morgan fingerprint density at radius 2 is 1.86 bits per heavy atom. The van der Waals surface area contributed by atoms with E-state index in [2.05, 4.69) is 25.9 Å². The van der Waals surface area contributed by atoms with Crippen LogP contribution in [0, 0.1) is 6.92 Å². The third-order valence-corrected chi connectivity index (χ3v) is 6.28. The fraction of sp³-hybridized carbons (Fsp3) is 0.750. The lowest BCUT2D eigenvalue weighted by Crippen LogP contribution is -2.52. The average molecular weight is 354 g/mol. The van der Waals surface area contributed by atoms with Crippen molar-refractivity contribution >= 4 is 21.7 Å². The summed E-state index contributed by atoms with van der Waals surface area (Å²) in [6.07, 6.45) is 7.43. The first kappa shape index (κ1) is 15.2. The van der Waals surface area contributed by atoms with Gasteiger partial charge in [-0.3, -0.25) is 14.4 Å². The summed E-state index contributed by atoms with van der Waals surface area (Å²) in [7, 11) is 1.93. The Morgan fingerprint density at radius 3 is 2.38 bits per heavy atom. The molecule has 4 nitrogen and oxygen atoms in total. The summed E-state index contributed by atoms with van der Waals surface area (Å²) in [5.74, 6) is 0.394. The van der Waals surface area contributed by atoms with E-state index in [1.54, 1.807) is 0 Å². The van der Waals surface area contributed by atoms with Crippen LogP contribution in [0.5, 0.6) is 0 Å². The molecule has 21 heavy (non-hydrogen) atoms. The van der Waals surface area contributed by atoms with Crippen molar-refractivity contribution in [2.75, 3.05) is 13.1 Å². The van der Waals surface area contributed by atoms with Gasteiger partial charge in [-0.05, 0) is 61.6 Å². The molecule has 0 bridgehead atoms. The maximum absolute atomic E-state index is 13.1. The largest absolute Gasteiger partial charge is 0.297 e. The van der Waals surface area contributed by atoms with E-state index in [0.717, 1.165) is 41.8 Å². The van der Waals surface area contributed by atoms with Gasteiger partial charge in [0.15, 0.2) is 5.78 Å². The van der Waals surface area contributed by atoms with E-state index in [1.165, 1.54) is 25.7 Å². The topological polar surface area (TPSA) is 38.1 Å². The molecule has 1 saturated heterocycles. The Labute approximate surface area is 135 Å². The highest BCUT2D eigenvalue weighted by Crippen LogP contribution is 2.39. The summed E-state index contributed by atoms with van der Waals surface area (Å²) in [6, 6.07) is 0. The second-order valence-electron chi connectivity index (χ2n) is 6.50. The van der Waals surface area contributed by atoms with Crippen LogP contribution in [0.3, 0.4) is 0 Å². The fourth-order valence-electron chi connectivity index (χ4n) is 4.07. The summed E-state index contributed by atoms with van der Waals surface area (Å²) >= 11 is 3.59. The van der Waals surface area contributed by atoms with Gasteiger partial charge in [-0.25, -0.2) is 0 Å². The predicted octanol–water partition coefficient (Wildman–Crippen LogP) is 3.01. The Bertz CT molecular complexity index is 540. The number of rotatable bonds is 4. The smallest absolute Gasteiger partial charge is 0.159 e. The summed E-state index contributed by atoms with van der Waals surface area (Å²) in [5, 5.41) is 4.41. The van der Waals surface area contributed by atoms with E-state index in [0.29, 0.717) is 12.2 Å². The Balaban J connectivity index is 1.85. The second-order valence-corrected chi connectivity index (χ2v) is 7.30. The highest BCUT2D eigenvalue weighted by Gasteiger charge is 2.46. The van der Waals surface area contributed by atoms with Gasteiger partial charge in [0, 0.05) is 7.05 Å². The van der Waals surface area contributed by atoms with Gasteiger partial charge in [-0.15, -0.1) is 0 Å². The number of hydrogen-bond donors (Lipinski definition) is 0. The number of nitrogens with zero attached hydrogens (tertiary/aromatic N) is 3. The highest BCUT2D eigenvalue weighted by molar-refractivity contribution is 9.10. The van der Waals surface area contributed by atoms with Crippen molar-refractivity contribution in [3.8, 4) is 0 Å². The van der Waals surface area contributed by atoms with Crippen molar-refractivity contribution in [2.24, 2.45) is 7.05 Å². The Morgan fingerprint density at radius 1 is 1.24 bits per heavy atom. The van der Waals surface area contributed by atoms with Crippen molar-refractivity contribution in [1.29, 1.82) is 0 Å². The van der Waals surface area contributed by atoms with Crippen LogP contribution >= 0.6 is 15.9 Å². The molecule has 0 aromatic carbocycles. The maximum Gasteiger partial charge on any atom is 0.159 e. The van der Waals surface area contributed by atoms with Crippen LogP contribution < -0.4 is 0 Å². The van der Waals surface area contributed by atoms with E-state index in [4.69, 9.17) is 0 Å². The van der Waals surface area contributed by atoms with Gasteiger partial charge in [0.25, 0.3) is 0 Å². The zero-order valence-corrected chi connectivity index (χ0v) is 14.6. The van der Waals surface area contributed by atoms with Gasteiger partial charge in [0.1, 0.15) is 0 Å². The molecular weight excluding hydrogens is 330 g/mol. The summed E-state index contributed by atoms with van der Waals surface area (Å²) < 4.78 is 2.84. The van der Waals surface area contributed by atoms with E-state index >= 15 is 0 Å². The molecule has 0 N–H and O–H groups in total. The minimum absolute atomic E-state index is 0.186. The molecule has 2 aliphatic rings. The van der Waals surface area contributed by atoms with E-state index < -0.39 is 0 Å². The number of carbonyl (C=O) groups is 1. The lowest BCUT2D eigenvalue weighted by Gasteiger charge is -2.37. The lowest BCUT2D eigenvalue weighted by atomic mass is 9.87.